The lowest BCUT2D eigenvalue weighted by Crippen LogP contribution is -2.13. The Morgan fingerprint density at radius 3 is 2.42 bits per heavy atom. The predicted octanol–water partition coefficient (Wildman–Crippen LogP) is 4.47. The van der Waals surface area contributed by atoms with Crippen molar-refractivity contribution in [2.24, 2.45) is 0 Å². The first-order valence-electron chi connectivity index (χ1n) is 7.22. The number of terminal acetylenes is 1. The summed E-state index contributed by atoms with van der Waals surface area (Å²) in [6.07, 6.45) is 6.64. The maximum absolute atomic E-state index is 12.3. The lowest BCUT2D eigenvalue weighted by molar-refractivity contribution is -0.112. The van der Waals surface area contributed by atoms with Crippen LogP contribution in [0.25, 0.3) is 6.08 Å². The van der Waals surface area contributed by atoms with Gasteiger partial charge in [0.15, 0.2) is 0 Å². The van der Waals surface area contributed by atoms with Crippen LogP contribution in [0.15, 0.2) is 50.9 Å². The SMILES string of the molecule is C#CCOc1c(Br)cc(/C=C(\C#N)C(=O)Nc2ccc(O)cc2)cc1Br. The maximum Gasteiger partial charge on any atom is 0.266 e. The van der Waals surface area contributed by atoms with Crippen molar-refractivity contribution in [1.29, 1.82) is 5.26 Å². The molecule has 1 amide bonds. The molecule has 0 fully saturated rings. The molecule has 0 spiro atoms. The molecule has 130 valence electrons. The summed E-state index contributed by atoms with van der Waals surface area (Å²) in [6.45, 7) is 0.116. The molecule has 0 aromatic heterocycles. The van der Waals surface area contributed by atoms with Gasteiger partial charge < -0.3 is 15.2 Å². The maximum atomic E-state index is 12.3. The molecular formula is C19H12Br2N2O3. The van der Waals surface area contributed by atoms with Gasteiger partial charge >= 0.3 is 0 Å². The second-order valence-corrected chi connectivity index (χ2v) is 6.69. The Labute approximate surface area is 167 Å². The lowest BCUT2D eigenvalue weighted by Gasteiger charge is -2.09. The average molecular weight is 476 g/mol. The van der Waals surface area contributed by atoms with E-state index in [0.717, 1.165) is 0 Å². The van der Waals surface area contributed by atoms with Crippen LogP contribution >= 0.6 is 31.9 Å². The molecule has 0 saturated carbocycles. The third-order valence-electron chi connectivity index (χ3n) is 3.12. The zero-order valence-electron chi connectivity index (χ0n) is 13.3. The molecule has 0 atom stereocenters. The van der Waals surface area contributed by atoms with Crippen LogP contribution in [0.3, 0.4) is 0 Å². The highest BCUT2D eigenvalue weighted by molar-refractivity contribution is 9.11. The van der Waals surface area contributed by atoms with Gasteiger partial charge in [-0.25, -0.2) is 0 Å². The molecule has 5 nitrogen and oxygen atoms in total. The molecule has 0 aliphatic rings. The Hall–Kier alpha value is -2.74. The minimum absolute atomic E-state index is 0.0748. The van der Waals surface area contributed by atoms with E-state index >= 15 is 0 Å². The van der Waals surface area contributed by atoms with E-state index in [1.807, 2.05) is 6.07 Å². The summed E-state index contributed by atoms with van der Waals surface area (Å²) in [7, 11) is 0. The summed E-state index contributed by atoms with van der Waals surface area (Å²) in [5.74, 6) is 2.44. The van der Waals surface area contributed by atoms with E-state index in [1.165, 1.54) is 30.3 Å². The highest BCUT2D eigenvalue weighted by Gasteiger charge is 2.12. The number of aromatic hydroxyl groups is 1. The van der Waals surface area contributed by atoms with Gasteiger partial charge in [-0.15, -0.1) is 6.42 Å². The Balaban J connectivity index is 2.25. The van der Waals surface area contributed by atoms with Gasteiger partial charge in [-0.05, 0) is 79.9 Å². The first-order chi connectivity index (χ1) is 12.4. The van der Waals surface area contributed by atoms with Crippen molar-refractivity contribution >= 4 is 49.5 Å². The largest absolute Gasteiger partial charge is 0.508 e. The molecule has 0 aliphatic carbocycles. The molecule has 0 unspecified atom stereocenters. The summed E-state index contributed by atoms with van der Waals surface area (Å²) in [5, 5.41) is 21.2. The van der Waals surface area contributed by atoms with E-state index in [-0.39, 0.29) is 17.9 Å². The Kier molecular flexibility index (Phi) is 6.85. The van der Waals surface area contributed by atoms with Gasteiger partial charge in [0.25, 0.3) is 5.91 Å². The standard InChI is InChI=1S/C19H12Br2N2O3/c1-2-7-26-18-16(20)9-12(10-17(18)21)8-13(11-22)19(25)23-14-3-5-15(24)6-4-14/h1,3-6,8-10,24H,7H2,(H,23,25)/b13-8+. The van der Waals surface area contributed by atoms with E-state index in [9.17, 15) is 15.2 Å². The Morgan fingerprint density at radius 1 is 1.27 bits per heavy atom. The Morgan fingerprint density at radius 2 is 1.88 bits per heavy atom. The van der Waals surface area contributed by atoms with E-state index in [2.05, 4.69) is 43.1 Å². The molecular weight excluding hydrogens is 464 g/mol. The molecule has 0 heterocycles. The van der Waals surface area contributed by atoms with Crippen molar-refractivity contribution in [2.45, 2.75) is 0 Å². The molecule has 7 heteroatoms. The molecule has 2 N–H and O–H groups in total. The molecule has 0 aliphatic heterocycles. The minimum atomic E-state index is -0.557. The van der Waals surface area contributed by atoms with Crippen molar-refractivity contribution in [1.82, 2.24) is 0 Å². The van der Waals surface area contributed by atoms with Gasteiger partial charge in [-0.3, -0.25) is 4.79 Å². The number of carbonyl (C=O) groups excluding carboxylic acids is 1. The number of nitrogens with one attached hydrogen (secondary N) is 1. The Bertz CT molecular complexity index is 916. The number of phenols is 1. The fourth-order valence-electron chi connectivity index (χ4n) is 1.97. The van der Waals surface area contributed by atoms with Crippen LogP contribution in [0, 0.1) is 23.7 Å². The van der Waals surface area contributed by atoms with Gasteiger partial charge in [0.2, 0.25) is 0 Å². The van der Waals surface area contributed by atoms with E-state index in [0.29, 0.717) is 25.9 Å². The van der Waals surface area contributed by atoms with Crippen molar-refractivity contribution in [3.05, 3.63) is 56.5 Å². The van der Waals surface area contributed by atoms with Crippen LogP contribution < -0.4 is 10.1 Å². The molecule has 0 radical (unpaired) electrons. The van der Waals surface area contributed by atoms with Crippen LogP contribution in [-0.2, 0) is 4.79 Å². The summed E-state index contributed by atoms with van der Waals surface area (Å²) in [4.78, 5) is 12.3. The minimum Gasteiger partial charge on any atom is -0.508 e. The van der Waals surface area contributed by atoms with Crippen LogP contribution in [0.2, 0.25) is 0 Å². The fourth-order valence-corrected chi connectivity index (χ4v) is 3.42. The van der Waals surface area contributed by atoms with E-state index < -0.39 is 5.91 Å². The molecule has 0 saturated heterocycles. The number of halogens is 2. The third-order valence-corrected chi connectivity index (χ3v) is 4.30. The normalized spacial score (nSPS) is 10.5. The summed E-state index contributed by atoms with van der Waals surface area (Å²) < 4.78 is 6.68. The first kappa shape index (κ1) is 19.6. The second kappa shape index (κ2) is 9.10. The zero-order chi connectivity index (χ0) is 19.1. The molecule has 2 aromatic rings. The summed E-state index contributed by atoms with van der Waals surface area (Å²) in [6, 6.07) is 11.2. The van der Waals surface area contributed by atoms with Gasteiger partial charge in [0.05, 0.1) is 8.95 Å². The number of hydrogen-bond donors (Lipinski definition) is 2. The van der Waals surface area contributed by atoms with Gasteiger partial charge in [0, 0.05) is 5.69 Å². The van der Waals surface area contributed by atoms with Gasteiger partial charge in [0.1, 0.15) is 29.7 Å². The molecule has 26 heavy (non-hydrogen) atoms. The van der Waals surface area contributed by atoms with Gasteiger partial charge in [-0.1, -0.05) is 5.92 Å². The zero-order valence-corrected chi connectivity index (χ0v) is 16.5. The number of ether oxygens (including phenoxy) is 1. The number of rotatable bonds is 5. The average Bonchev–Trinajstić information content (AvgIpc) is 2.61. The highest BCUT2D eigenvalue weighted by Crippen LogP contribution is 2.35. The van der Waals surface area contributed by atoms with Crippen LogP contribution in [0.5, 0.6) is 11.5 Å². The third kappa shape index (κ3) is 5.13. The molecule has 2 rings (SSSR count). The first-order valence-corrected chi connectivity index (χ1v) is 8.80. The van der Waals surface area contributed by atoms with Gasteiger partial charge in [-0.2, -0.15) is 5.26 Å². The smallest absolute Gasteiger partial charge is 0.266 e. The molecule has 2 aromatic carbocycles. The van der Waals surface area contributed by atoms with E-state index in [4.69, 9.17) is 11.2 Å². The second-order valence-electron chi connectivity index (χ2n) is 4.98. The summed E-state index contributed by atoms with van der Waals surface area (Å²) in [5.41, 5.74) is 1.01. The number of benzene rings is 2. The highest BCUT2D eigenvalue weighted by atomic mass is 79.9. The number of nitrogens with zero attached hydrogens (tertiary/aromatic N) is 1. The predicted molar refractivity (Wildman–Crippen MR) is 106 cm³/mol. The number of amides is 1. The number of phenolic OH excluding ortho intramolecular Hbond substituents is 1. The quantitative estimate of drug-likeness (QED) is 0.289. The van der Waals surface area contributed by atoms with Crippen molar-refractivity contribution < 1.29 is 14.6 Å². The lowest BCUT2D eigenvalue weighted by atomic mass is 10.1. The van der Waals surface area contributed by atoms with Crippen molar-refractivity contribution in [3.63, 3.8) is 0 Å². The number of carbonyl (C=O) groups is 1. The summed E-state index contributed by atoms with van der Waals surface area (Å²) >= 11 is 6.76. The topological polar surface area (TPSA) is 82.3 Å². The number of hydrogen-bond acceptors (Lipinski definition) is 4. The van der Waals surface area contributed by atoms with Crippen molar-refractivity contribution in [3.8, 4) is 29.9 Å². The molecule has 0 bridgehead atoms. The van der Waals surface area contributed by atoms with Crippen LogP contribution in [0.4, 0.5) is 5.69 Å². The van der Waals surface area contributed by atoms with Crippen LogP contribution in [0.1, 0.15) is 5.56 Å². The fraction of sp³-hybridized carbons (Fsp3) is 0.0526. The van der Waals surface area contributed by atoms with Crippen molar-refractivity contribution in [2.75, 3.05) is 11.9 Å². The van der Waals surface area contributed by atoms with Crippen LogP contribution in [-0.4, -0.2) is 17.6 Å². The monoisotopic (exact) mass is 474 g/mol. The number of anilines is 1. The van der Waals surface area contributed by atoms with E-state index in [1.54, 1.807) is 12.1 Å². The number of nitriles is 1.